The molecule has 1 unspecified atom stereocenters. The Kier molecular flexibility index (Phi) is 7.15. The van der Waals surface area contributed by atoms with Crippen LogP contribution in [0.4, 0.5) is 39.5 Å². The lowest BCUT2D eigenvalue weighted by Crippen LogP contribution is -2.43. The average molecular weight is 560 g/mol. The predicted octanol–water partition coefficient (Wildman–Crippen LogP) is 6.99. The van der Waals surface area contributed by atoms with Crippen molar-refractivity contribution in [3.05, 3.63) is 112 Å². The minimum atomic E-state index is -5.47. The third-order valence-electron chi connectivity index (χ3n) is 5.86. The van der Waals surface area contributed by atoms with E-state index in [1.54, 1.807) is 30.3 Å². The highest BCUT2D eigenvalue weighted by molar-refractivity contribution is 5.94. The van der Waals surface area contributed by atoms with Crippen LogP contribution in [0.2, 0.25) is 0 Å². The molecule has 3 aromatic rings. The molecule has 39 heavy (non-hydrogen) atoms. The van der Waals surface area contributed by atoms with E-state index in [0.29, 0.717) is 6.08 Å². The second-order valence-electron chi connectivity index (χ2n) is 8.54. The Bertz CT molecular complexity index is 1350. The van der Waals surface area contributed by atoms with E-state index in [1.165, 1.54) is 24.3 Å². The van der Waals surface area contributed by atoms with Crippen molar-refractivity contribution in [1.82, 2.24) is 10.8 Å². The molecule has 0 aliphatic carbocycles. The van der Waals surface area contributed by atoms with Crippen LogP contribution in [0.1, 0.15) is 38.2 Å². The molecule has 0 saturated carbocycles. The first-order valence-electron chi connectivity index (χ1n) is 11.1. The maximum Gasteiger partial charge on any atom is 0.428 e. The van der Waals surface area contributed by atoms with Crippen LogP contribution in [0.25, 0.3) is 5.70 Å². The second-order valence-corrected chi connectivity index (χ2v) is 8.54. The Labute approximate surface area is 215 Å². The smallest absolute Gasteiger partial charge is 0.348 e. The van der Waals surface area contributed by atoms with Crippen molar-refractivity contribution in [2.45, 2.75) is 30.7 Å². The lowest BCUT2D eigenvalue weighted by molar-refractivity contribution is -0.269. The zero-order chi connectivity index (χ0) is 28.6. The number of nitrogens with one attached hydrogen (secondary N) is 2. The van der Waals surface area contributed by atoms with Gasteiger partial charge in [-0.15, -0.1) is 0 Å². The molecule has 3 aromatic carbocycles. The van der Waals surface area contributed by atoms with Crippen molar-refractivity contribution >= 4 is 11.6 Å². The number of rotatable bonds is 5. The van der Waals surface area contributed by atoms with Gasteiger partial charge in [-0.05, 0) is 47.5 Å². The van der Waals surface area contributed by atoms with Gasteiger partial charge in [0.15, 0.2) is 0 Å². The Morgan fingerprint density at radius 1 is 0.795 bits per heavy atom. The van der Waals surface area contributed by atoms with E-state index in [0.717, 1.165) is 5.56 Å². The fourth-order valence-corrected chi connectivity index (χ4v) is 3.84. The lowest BCUT2D eigenvalue weighted by Gasteiger charge is -2.29. The number of amides is 1. The molecule has 0 bridgehead atoms. The minimum Gasteiger partial charge on any atom is -0.348 e. The highest BCUT2D eigenvalue weighted by Gasteiger charge is 2.60. The Hall–Kier alpha value is -4.00. The summed E-state index contributed by atoms with van der Waals surface area (Å²) in [5.74, 6) is -0.483. The third-order valence-corrected chi connectivity index (χ3v) is 5.86. The number of benzene rings is 3. The van der Waals surface area contributed by atoms with Gasteiger partial charge in [0.1, 0.15) is 0 Å². The maximum absolute atomic E-state index is 14.2. The lowest BCUT2D eigenvalue weighted by atomic mass is 9.88. The molecule has 0 fully saturated rings. The van der Waals surface area contributed by atoms with Crippen molar-refractivity contribution in [3.8, 4) is 0 Å². The van der Waals surface area contributed by atoms with Crippen molar-refractivity contribution in [3.63, 3.8) is 0 Å². The minimum absolute atomic E-state index is 0.0313. The van der Waals surface area contributed by atoms with Gasteiger partial charge in [-0.1, -0.05) is 42.5 Å². The Morgan fingerprint density at radius 2 is 1.36 bits per heavy atom. The van der Waals surface area contributed by atoms with Crippen molar-refractivity contribution in [2.24, 2.45) is 0 Å². The maximum atomic E-state index is 14.2. The van der Waals surface area contributed by atoms with Crippen molar-refractivity contribution in [1.29, 1.82) is 0 Å². The Morgan fingerprint density at radius 3 is 1.87 bits per heavy atom. The fourth-order valence-electron chi connectivity index (χ4n) is 3.84. The predicted molar refractivity (Wildman–Crippen MR) is 120 cm³/mol. The summed E-state index contributed by atoms with van der Waals surface area (Å²) < 4.78 is 122. The third kappa shape index (κ3) is 5.87. The zero-order valence-electron chi connectivity index (χ0n) is 19.4. The molecule has 206 valence electrons. The van der Waals surface area contributed by atoms with Gasteiger partial charge in [-0.3, -0.25) is 15.1 Å². The van der Waals surface area contributed by atoms with E-state index in [4.69, 9.17) is 0 Å². The second kappa shape index (κ2) is 9.95. The molecule has 1 aliphatic heterocycles. The first-order valence-corrected chi connectivity index (χ1v) is 11.1. The number of hydroxylamine groups is 1. The van der Waals surface area contributed by atoms with Crippen LogP contribution in [0.15, 0.2) is 78.9 Å². The van der Waals surface area contributed by atoms with Crippen LogP contribution in [0, 0.1) is 0 Å². The van der Waals surface area contributed by atoms with Gasteiger partial charge in [0.05, 0.1) is 16.8 Å². The number of halogens is 9. The van der Waals surface area contributed by atoms with E-state index in [-0.39, 0.29) is 41.6 Å². The van der Waals surface area contributed by atoms with Gasteiger partial charge in [-0.25, -0.2) is 0 Å². The number of hydrogen-bond acceptors (Lipinski definition) is 3. The van der Waals surface area contributed by atoms with Gasteiger partial charge < -0.3 is 5.32 Å². The quantitative estimate of drug-likeness (QED) is 0.331. The summed E-state index contributed by atoms with van der Waals surface area (Å²) in [5, 5.41) is 2.67. The van der Waals surface area contributed by atoms with Gasteiger partial charge in [0.2, 0.25) is 5.60 Å². The summed E-state index contributed by atoms with van der Waals surface area (Å²) in [6.07, 6.45) is -15.8. The zero-order valence-corrected chi connectivity index (χ0v) is 19.4. The Balaban J connectivity index is 1.67. The van der Waals surface area contributed by atoms with E-state index >= 15 is 0 Å². The largest absolute Gasteiger partial charge is 0.428 e. The van der Waals surface area contributed by atoms with Crippen molar-refractivity contribution < 1.29 is 49.1 Å². The molecule has 1 atom stereocenters. The molecule has 13 heteroatoms. The molecule has 1 amide bonds. The standard InChI is InChI=1S/C26H17F9N2O2/c27-24(28,29)19-10-18(11-20(12-19)25(30,31)32)23(26(33,34)35)13-21(37-39-23)16-6-8-17(9-7-16)22(38)36-14-15-4-2-1-3-5-15/h1-13,37H,14H2,(H,36,38). The van der Waals surface area contributed by atoms with Crippen LogP contribution in [0.3, 0.4) is 0 Å². The highest BCUT2D eigenvalue weighted by Crippen LogP contribution is 2.49. The molecule has 4 nitrogen and oxygen atoms in total. The molecule has 0 aromatic heterocycles. The van der Waals surface area contributed by atoms with E-state index < -0.39 is 46.7 Å². The van der Waals surface area contributed by atoms with Gasteiger partial charge in [0.25, 0.3) is 5.91 Å². The van der Waals surface area contributed by atoms with Gasteiger partial charge in [-0.2, -0.15) is 39.5 Å². The summed E-state index contributed by atoms with van der Waals surface area (Å²) in [5.41, 5.74) is -6.35. The van der Waals surface area contributed by atoms with Gasteiger partial charge in [0, 0.05) is 17.7 Å². The van der Waals surface area contributed by atoms with E-state index in [2.05, 4.69) is 10.2 Å². The first-order chi connectivity index (χ1) is 18.1. The molecule has 2 N–H and O–H groups in total. The molecule has 0 radical (unpaired) electrons. The first kappa shape index (κ1) is 28.0. The average Bonchev–Trinajstić information content (AvgIpc) is 3.34. The SMILES string of the molecule is O=C(NCc1ccccc1)c1ccc(C2=CC(c3cc(C(F)(F)F)cc(C(F)(F)F)c3)(C(F)(F)F)ON2)cc1. The van der Waals surface area contributed by atoms with Crippen LogP contribution in [-0.2, 0) is 29.3 Å². The molecule has 1 aliphatic rings. The molecule has 1 heterocycles. The van der Waals surface area contributed by atoms with E-state index in [1.807, 2.05) is 5.48 Å². The molecular formula is C26H17F9N2O2. The summed E-state index contributed by atoms with van der Waals surface area (Å²) in [6, 6.07) is 13.7. The summed E-state index contributed by atoms with van der Waals surface area (Å²) >= 11 is 0. The summed E-state index contributed by atoms with van der Waals surface area (Å²) in [6.45, 7) is 0.215. The van der Waals surface area contributed by atoms with Crippen LogP contribution < -0.4 is 10.8 Å². The highest BCUT2D eigenvalue weighted by atomic mass is 19.4. The number of carbonyl (C=O) groups excluding carboxylic acids is 1. The molecule has 0 saturated heterocycles. The number of hydrogen-bond donors (Lipinski definition) is 2. The monoisotopic (exact) mass is 560 g/mol. The van der Waals surface area contributed by atoms with Crippen LogP contribution in [-0.4, -0.2) is 12.1 Å². The van der Waals surface area contributed by atoms with Crippen molar-refractivity contribution in [2.75, 3.05) is 0 Å². The van der Waals surface area contributed by atoms with Gasteiger partial charge >= 0.3 is 18.5 Å². The molecule has 0 spiro atoms. The topological polar surface area (TPSA) is 50.4 Å². The number of alkyl halides is 9. The normalized spacial score (nSPS) is 17.9. The summed E-state index contributed by atoms with van der Waals surface area (Å²) in [7, 11) is 0. The summed E-state index contributed by atoms with van der Waals surface area (Å²) in [4.78, 5) is 17.1. The van der Waals surface area contributed by atoms with E-state index in [9.17, 15) is 44.3 Å². The molecule has 4 rings (SSSR count). The fraction of sp³-hybridized carbons (Fsp3) is 0.192. The number of carbonyl (C=O) groups is 1. The van der Waals surface area contributed by atoms with Crippen LogP contribution >= 0.6 is 0 Å². The van der Waals surface area contributed by atoms with Crippen LogP contribution in [0.5, 0.6) is 0 Å². The molecular weight excluding hydrogens is 543 g/mol.